The highest BCUT2D eigenvalue weighted by Crippen LogP contribution is 2.34. The van der Waals surface area contributed by atoms with E-state index < -0.39 is 97.1 Å². The van der Waals surface area contributed by atoms with Gasteiger partial charge in [0.25, 0.3) is 0 Å². The van der Waals surface area contributed by atoms with Crippen LogP contribution in [0.15, 0.2) is 0 Å². The second-order valence-corrected chi connectivity index (χ2v) is 15.4. The van der Waals surface area contributed by atoms with Gasteiger partial charge in [-0.2, -0.15) is 11.8 Å². The molecule has 56 heavy (non-hydrogen) atoms. The zero-order valence-corrected chi connectivity index (χ0v) is 35.2. The number of hydrogen-bond donors (Lipinski definition) is 1. The summed E-state index contributed by atoms with van der Waals surface area (Å²) in [7, 11) is 0. The van der Waals surface area contributed by atoms with E-state index in [9.17, 15) is 28.8 Å². The molecule has 322 valence electrons. The van der Waals surface area contributed by atoms with Crippen molar-refractivity contribution in [2.24, 2.45) is 0 Å². The van der Waals surface area contributed by atoms with Gasteiger partial charge in [-0.15, -0.1) is 0 Å². The van der Waals surface area contributed by atoms with E-state index in [1.54, 1.807) is 0 Å². The van der Waals surface area contributed by atoms with Crippen molar-refractivity contribution in [3.8, 4) is 0 Å². The molecule has 2 fully saturated rings. The molecule has 0 unspecified atom stereocenters. The fourth-order valence-electron chi connectivity index (χ4n) is 6.65. The van der Waals surface area contributed by atoms with Crippen LogP contribution in [0.25, 0.3) is 0 Å². The molecule has 0 aliphatic carbocycles. The van der Waals surface area contributed by atoms with Crippen LogP contribution in [0.2, 0.25) is 0 Å². The fraction of sp³-hybridized carbons (Fsp3) is 0.846. The molecule has 2 heterocycles. The summed E-state index contributed by atoms with van der Waals surface area (Å²) in [5, 5.41) is 2.77. The third-order valence-corrected chi connectivity index (χ3v) is 10.2. The number of hydrogen-bond acceptors (Lipinski definition) is 16. The van der Waals surface area contributed by atoms with Gasteiger partial charge in [0.1, 0.15) is 24.9 Å². The van der Waals surface area contributed by atoms with Crippen molar-refractivity contribution in [1.29, 1.82) is 0 Å². The molecule has 0 aromatic carbocycles. The first-order valence-corrected chi connectivity index (χ1v) is 21.0. The first kappa shape index (κ1) is 49.2. The molecule has 2 rings (SSSR count). The lowest BCUT2D eigenvalue weighted by molar-refractivity contribution is -0.343. The summed E-state index contributed by atoms with van der Waals surface area (Å²) in [5.41, 5.74) is 0. The second kappa shape index (κ2) is 26.8. The monoisotopic (exact) mass is 819 g/mol. The number of carbonyl (C=O) groups is 6. The topological polar surface area (TPSA) is 198 Å². The SMILES string of the molecule is CCCCCCCCCCCCSCCCO[C@H]1O[C@H](COC(C)=O)[C@@H](OC(C)=O)[C@H](O[C@@H]2O[C@@H](C)[C@H](OC(C)=O)[C@@H](OC(C)=O)[C@H]2OC(C)=O)[C@H]1NC(C)=O. The van der Waals surface area contributed by atoms with Crippen molar-refractivity contribution in [3.63, 3.8) is 0 Å². The smallest absolute Gasteiger partial charge is 0.303 e. The van der Waals surface area contributed by atoms with Crippen LogP contribution in [0.3, 0.4) is 0 Å². The third kappa shape index (κ3) is 18.5. The van der Waals surface area contributed by atoms with Crippen LogP contribution in [0.4, 0.5) is 0 Å². The predicted octanol–water partition coefficient (Wildman–Crippen LogP) is 4.70. The fourth-order valence-corrected chi connectivity index (χ4v) is 7.59. The average Bonchev–Trinajstić information content (AvgIpc) is 3.10. The largest absolute Gasteiger partial charge is 0.463 e. The molecule has 2 aliphatic rings. The van der Waals surface area contributed by atoms with Gasteiger partial charge in [-0.1, -0.05) is 64.7 Å². The predicted molar refractivity (Wildman–Crippen MR) is 204 cm³/mol. The number of amides is 1. The zero-order chi connectivity index (χ0) is 41.6. The average molecular weight is 820 g/mol. The Balaban J connectivity index is 2.26. The van der Waals surface area contributed by atoms with Crippen LogP contribution < -0.4 is 5.32 Å². The molecule has 17 heteroatoms. The lowest BCUT2D eigenvalue weighted by Gasteiger charge is -2.49. The molecule has 1 amide bonds. The molecule has 2 saturated heterocycles. The molecular formula is C39H65NO15S. The molecule has 0 bridgehead atoms. The van der Waals surface area contributed by atoms with E-state index in [2.05, 4.69) is 12.2 Å². The molecule has 0 spiro atoms. The Kier molecular flexibility index (Phi) is 23.6. The van der Waals surface area contributed by atoms with E-state index in [1.807, 2.05) is 11.8 Å². The number of unbranched alkanes of at least 4 members (excludes halogenated alkanes) is 9. The van der Waals surface area contributed by atoms with Crippen LogP contribution in [0, 0.1) is 0 Å². The van der Waals surface area contributed by atoms with Gasteiger partial charge in [0.15, 0.2) is 37.0 Å². The summed E-state index contributed by atoms with van der Waals surface area (Å²) in [6.07, 6.45) is 1.75. The molecule has 0 radical (unpaired) electrons. The molecule has 2 aliphatic heterocycles. The molecule has 16 nitrogen and oxygen atoms in total. The van der Waals surface area contributed by atoms with E-state index in [0.29, 0.717) is 6.42 Å². The standard InChI is InChI=1S/C39H65NO15S/c1-9-10-11-12-13-14-15-16-17-18-21-56-22-19-20-47-38-32(40-25(3)41)35(34(51-28(6)44)31(54-38)23-48-26(4)42)55-39-37(53-30(8)46)36(52-29(7)45)33(24(2)49-39)50-27(5)43/h24,31-39H,9-23H2,1-8H3,(H,40,41)/t24-,31+,32+,33-,34+,35+,36+,37+,38-,39-/m0/s1. The number of rotatable bonds is 25. The number of nitrogens with one attached hydrogen (secondary N) is 1. The molecule has 10 atom stereocenters. The van der Waals surface area contributed by atoms with Crippen LogP contribution in [0.5, 0.6) is 0 Å². The molecule has 0 aromatic rings. The highest BCUT2D eigenvalue weighted by molar-refractivity contribution is 7.99. The summed E-state index contributed by atoms with van der Waals surface area (Å²) in [6.45, 7) is 10.6. The summed E-state index contributed by atoms with van der Waals surface area (Å²) in [6, 6.07) is -1.15. The zero-order valence-electron chi connectivity index (χ0n) is 34.4. The van der Waals surface area contributed by atoms with Crippen molar-refractivity contribution >= 4 is 47.5 Å². The van der Waals surface area contributed by atoms with E-state index in [-0.39, 0.29) is 13.2 Å². The van der Waals surface area contributed by atoms with Crippen LogP contribution in [-0.4, -0.2) is 122 Å². The Morgan fingerprint density at radius 3 is 1.64 bits per heavy atom. The Morgan fingerprint density at radius 2 is 1.09 bits per heavy atom. The van der Waals surface area contributed by atoms with E-state index in [4.69, 9.17) is 42.6 Å². The molecule has 1 N–H and O–H groups in total. The van der Waals surface area contributed by atoms with Crippen molar-refractivity contribution in [2.75, 3.05) is 24.7 Å². The minimum absolute atomic E-state index is 0.225. The number of ether oxygens (including phenoxy) is 9. The van der Waals surface area contributed by atoms with Crippen molar-refractivity contribution in [3.05, 3.63) is 0 Å². The highest BCUT2D eigenvalue weighted by Gasteiger charge is 2.56. The Bertz CT molecular complexity index is 1240. The maximum atomic E-state index is 12.6. The summed E-state index contributed by atoms with van der Waals surface area (Å²) >= 11 is 1.83. The first-order valence-electron chi connectivity index (χ1n) is 19.9. The van der Waals surface area contributed by atoms with Gasteiger partial charge < -0.3 is 47.9 Å². The van der Waals surface area contributed by atoms with E-state index in [1.165, 1.54) is 78.6 Å². The molecule has 0 aromatic heterocycles. The van der Waals surface area contributed by atoms with Gasteiger partial charge in [0, 0.05) is 41.5 Å². The van der Waals surface area contributed by atoms with Gasteiger partial charge in [-0.05, 0) is 31.3 Å². The van der Waals surface area contributed by atoms with Gasteiger partial charge in [0.05, 0.1) is 12.7 Å². The lowest BCUT2D eigenvalue weighted by Crippen LogP contribution is -2.69. The van der Waals surface area contributed by atoms with E-state index >= 15 is 0 Å². The van der Waals surface area contributed by atoms with Crippen LogP contribution in [-0.2, 0) is 71.4 Å². The highest BCUT2D eigenvalue weighted by atomic mass is 32.2. The maximum absolute atomic E-state index is 12.6. The van der Waals surface area contributed by atoms with Crippen molar-refractivity contribution in [1.82, 2.24) is 5.32 Å². The normalized spacial score (nSPS) is 27.4. The Hall–Kier alpha value is -2.99. The summed E-state index contributed by atoms with van der Waals surface area (Å²) in [5.74, 6) is -2.31. The van der Waals surface area contributed by atoms with Crippen molar-refractivity contribution in [2.45, 2.75) is 187 Å². The van der Waals surface area contributed by atoms with Gasteiger partial charge in [-0.25, -0.2) is 0 Å². The van der Waals surface area contributed by atoms with Gasteiger partial charge >= 0.3 is 29.8 Å². The second-order valence-electron chi connectivity index (χ2n) is 14.2. The first-order chi connectivity index (χ1) is 26.6. The van der Waals surface area contributed by atoms with Crippen LogP contribution >= 0.6 is 11.8 Å². The van der Waals surface area contributed by atoms with E-state index in [0.717, 1.165) is 45.6 Å². The molecular weight excluding hydrogens is 754 g/mol. The number of esters is 5. The Morgan fingerprint density at radius 1 is 0.571 bits per heavy atom. The third-order valence-electron chi connectivity index (χ3n) is 9.05. The minimum atomic E-state index is -1.54. The summed E-state index contributed by atoms with van der Waals surface area (Å²) in [4.78, 5) is 73.7. The quantitative estimate of drug-likeness (QED) is 0.0755. The summed E-state index contributed by atoms with van der Waals surface area (Å²) < 4.78 is 52.4. The van der Waals surface area contributed by atoms with Crippen molar-refractivity contribution < 1.29 is 71.4 Å². The van der Waals surface area contributed by atoms with Crippen LogP contribution in [0.1, 0.15) is 126 Å². The van der Waals surface area contributed by atoms with Gasteiger partial charge in [-0.3, -0.25) is 28.8 Å². The lowest BCUT2D eigenvalue weighted by atomic mass is 9.94. The Labute approximate surface area is 335 Å². The molecule has 0 saturated carbocycles. The maximum Gasteiger partial charge on any atom is 0.303 e. The number of carbonyl (C=O) groups excluding carboxylic acids is 6. The minimum Gasteiger partial charge on any atom is -0.463 e. The number of thioether (sulfide) groups is 1. The van der Waals surface area contributed by atoms with Gasteiger partial charge in [0.2, 0.25) is 5.91 Å².